The van der Waals surface area contributed by atoms with Crippen molar-refractivity contribution in [2.45, 2.75) is 25.6 Å². The van der Waals surface area contributed by atoms with E-state index >= 15 is 0 Å². The van der Waals surface area contributed by atoms with E-state index in [0.717, 1.165) is 0 Å². The highest BCUT2D eigenvalue weighted by molar-refractivity contribution is 5.14. The van der Waals surface area contributed by atoms with Crippen LogP contribution in [0.3, 0.4) is 0 Å². The Morgan fingerprint density at radius 2 is 2.18 bits per heavy atom. The number of nitrogens with zero attached hydrogens (tertiary/aromatic N) is 1. The Morgan fingerprint density at radius 1 is 1.45 bits per heavy atom. The molecule has 11 heavy (non-hydrogen) atoms. The monoisotopic (exact) mass is 149 g/mol. The minimum absolute atomic E-state index is 0.231. The van der Waals surface area contributed by atoms with Crippen LogP contribution in [-0.4, -0.2) is 12.2 Å². The summed E-state index contributed by atoms with van der Waals surface area (Å²) in [5.74, 6) is 0.972. The van der Waals surface area contributed by atoms with Gasteiger partial charge in [-0.15, -0.1) is 0 Å². The molecule has 2 aliphatic rings. The van der Waals surface area contributed by atoms with Gasteiger partial charge in [0.05, 0.1) is 18.3 Å². The topological polar surface area (TPSA) is 33.0 Å². The first-order valence-corrected chi connectivity index (χ1v) is 4.03. The molecular formula is C9H11NO. The predicted octanol–water partition coefficient (Wildman–Crippen LogP) is 1.49. The van der Waals surface area contributed by atoms with Crippen LogP contribution >= 0.6 is 0 Å². The quantitative estimate of drug-likeness (QED) is 0.529. The van der Waals surface area contributed by atoms with Gasteiger partial charge in [0.1, 0.15) is 0 Å². The first-order chi connectivity index (χ1) is 5.33. The van der Waals surface area contributed by atoms with Crippen molar-refractivity contribution in [1.29, 1.82) is 5.26 Å². The summed E-state index contributed by atoms with van der Waals surface area (Å²) in [6.07, 6.45) is 5.36. The fourth-order valence-corrected chi connectivity index (χ4v) is 1.98. The van der Waals surface area contributed by atoms with Gasteiger partial charge in [0.2, 0.25) is 0 Å². The zero-order chi connectivity index (χ0) is 7.84. The third-order valence-corrected chi connectivity index (χ3v) is 2.75. The van der Waals surface area contributed by atoms with Crippen molar-refractivity contribution in [2.24, 2.45) is 11.8 Å². The van der Waals surface area contributed by atoms with Crippen LogP contribution in [0.2, 0.25) is 0 Å². The molecule has 58 valence electrons. The Balaban J connectivity index is 2.13. The van der Waals surface area contributed by atoms with E-state index in [2.05, 4.69) is 25.1 Å². The Hall–Kier alpha value is -0.810. The zero-order valence-electron chi connectivity index (χ0n) is 6.53. The molecule has 2 heterocycles. The third kappa shape index (κ3) is 0.883. The Morgan fingerprint density at radius 3 is 2.73 bits per heavy atom. The highest BCUT2D eigenvalue weighted by Gasteiger charge is 2.42. The van der Waals surface area contributed by atoms with Crippen LogP contribution < -0.4 is 0 Å². The molecule has 0 aromatic rings. The molecule has 2 heteroatoms. The third-order valence-electron chi connectivity index (χ3n) is 2.75. The van der Waals surface area contributed by atoms with Crippen molar-refractivity contribution < 1.29 is 4.74 Å². The first kappa shape index (κ1) is 6.87. The average Bonchev–Trinajstić information content (AvgIpc) is 2.54. The number of hydrogen-bond donors (Lipinski definition) is 0. The molecule has 0 amide bonds. The van der Waals surface area contributed by atoms with Gasteiger partial charge in [-0.1, -0.05) is 19.1 Å². The van der Waals surface area contributed by atoms with E-state index in [9.17, 15) is 0 Å². The maximum Gasteiger partial charge on any atom is 0.0806 e. The summed E-state index contributed by atoms with van der Waals surface area (Å²) in [4.78, 5) is 0. The minimum atomic E-state index is 0.231. The lowest BCUT2D eigenvalue weighted by molar-refractivity contribution is 0.104. The fraction of sp³-hybridized carbons (Fsp3) is 0.667. The van der Waals surface area contributed by atoms with Crippen molar-refractivity contribution in [2.75, 3.05) is 0 Å². The van der Waals surface area contributed by atoms with Gasteiger partial charge < -0.3 is 4.74 Å². The maximum atomic E-state index is 8.54. The highest BCUT2D eigenvalue weighted by atomic mass is 16.5. The summed E-state index contributed by atoms with van der Waals surface area (Å²) in [6, 6.07) is 2.21. The molecule has 0 unspecified atom stereocenters. The van der Waals surface area contributed by atoms with E-state index in [1.807, 2.05) is 0 Å². The van der Waals surface area contributed by atoms with Crippen molar-refractivity contribution in [3.63, 3.8) is 0 Å². The van der Waals surface area contributed by atoms with Gasteiger partial charge in [-0.3, -0.25) is 0 Å². The molecule has 0 N–H and O–H groups in total. The molecular weight excluding hydrogens is 138 g/mol. The number of hydrogen-bond acceptors (Lipinski definition) is 2. The Bertz CT molecular complexity index is 228. The maximum absolute atomic E-state index is 8.54. The van der Waals surface area contributed by atoms with E-state index < -0.39 is 0 Å². The second kappa shape index (κ2) is 2.35. The molecule has 0 saturated carbocycles. The summed E-state index contributed by atoms with van der Waals surface area (Å²) >= 11 is 0. The lowest BCUT2D eigenvalue weighted by Crippen LogP contribution is -2.20. The fourth-order valence-electron chi connectivity index (χ4n) is 1.98. The van der Waals surface area contributed by atoms with Crippen LogP contribution in [0.15, 0.2) is 12.2 Å². The van der Waals surface area contributed by atoms with Crippen LogP contribution in [0.4, 0.5) is 0 Å². The van der Waals surface area contributed by atoms with Crippen LogP contribution in [0.5, 0.6) is 0 Å². The van der Waals surface area contributed by atoms with Crippen LogP contribution in [0.1, 0.15) is 13.3 Å². The van der Waals surface area contributed by atoms with Crippen molar-refractivity contribution in [1.82, 2.24) is 0 Å². The molecule has 4 atom stereocenters. The SMILES string of the molecule is C[C@H]1[C@@H](CC#N)[C@@H]2C=C[C@H]1O2. The molecule has 1 saturated heterocycles. The van der Waals surface area contributed by atoms with Gasteiger partial charge in [-0.2, -0.15) is 5.26 Å². The van der Waals surface area contributed by atoms with Crippen molar-refractivity contribution in [3.8, 4) is 6.07 Å². The summed E-state index contributed by atoms with van der Waals surface area (Å²) in [5.41, 5.74) is 0. The van der Waals surface area contributed by atoms with Gasteiger partial charge in [0, 0.05) is 12.3 Å². The van der Waals surface area contributed by atoms with E-state index in [4.69, 9.17) is 10.00 Å². The molecule has 0 aromatic heterocycles. The van der Waals surface area contributed by atoms with Gasteiger partial charge in [-0.05, 0) is 5.92 Å². The molecule has 0 radical (unpaired) electrons. The standard InChI is InChI=1S/C9H11NO/c1-6-7(4-5-10)9-3-2-8(6)11-9/h2-3,6-9H,4H2,1H3/t6-,7+,8+,9-/m0/s1. The normalized spacial score (nSPS) is 46.2. The van der Waals surface area contributed by atoms with Crippen molar-refractivity contribution in [3.05, 3.63) is 12.2 Å². The largest absolute Gasteiger partial charge is 0.366 e. The van der Waals surface area contributed by atoms with E-state index in [0.29, 0.717) is 24.4 Å². The summed E-state index contributed by atoms with van der Waals surface area (Å²) in [5, 5.41) is 8.54. The smallest absolute Gasteiger partial charge is 0.0806 e. The molecule has 0 aromatic carbocycles. The molecule has 0 aliphatic carbocycles. The number of fused-ring (bicyclic) bond motifs is 2. The summed E-state index contributed by atoms with van der Waals surface area (Å²) < 4.78 is 5.59. The molecule has 2 bridgehead atoms. The molecule has 2 aliphatic heterocycles. The van der Waals surface area contributed by atoms with Gasteiger partial charge in [0.25, 0.3) is 0 Å². The van der Waals surface area contributed by atoms with E-state index in [1.165, 1.54) is 0 Å². The highest BCUT2D eigenvalue weighted by Crippen LogP contribution is 2.40. The zero-order valence-corrected chi connectivity index (χ0v) is 6.53. The van der Waals surface area contributed by atoms with Gasteiger partial charge in [0.15, 0.2) is 0 Å². The number of nitriles is 1. The van der Waals surface area contributed by atoms with Crippen LogP contribution in [0.25, 0.3) is 0 Å². The lowest BCUT2D eigenvalue weighted by atomic mass is 9.83. The molecule has 1 fully saturated rings. The van der Waals surface area contributed by atoms with Crippen molar-refractivity contribution >= 4 is 0 Å². The summed E-state index contributed by atoms with van der Waals surface area (Å²) in [7, 11) is 0. The van der Waals surface area contributed by atoms with E-state index in [-0.39, 0.29) is 6.10 Å². The Labute approximate surface area is 66.5 Å². The van der Waals surface area contributed by atoms with Crippen LogP contribution in [-0.2, 0) is 4.74 Å². The lowest BCUT2D eigenvalue weighted by Gasteiger charge is -2.17. The van der Waals surface area contributed by atoms with Gasteiger partial charge >= 0.3 is 0 Å². The second-order valence-electron chi connectivity index (χ2n) is 3.34. The number of ether oxygens (including phenoxy) is 1. The molecule has 2 rings (SSSR count). The number of rotatable bonds is 1. The average molecular weight is 149 g/mol. The minimum Gasteiger partial charge on any atom is -0.366 e. The Kier molecular flexibility index (Phi) is 1.47. The summed E-state index contributed by atoms with van der Waals surface area (Å²) in [6.45, 7) is 2.16. The second-order valence-corrected chi connectivity index (χ2v) is 3.34. The first-order valence-electron chi connectivity index (χ1n) is 4.03. The molecule has 0 spiro atoms. The van der Waals surface area contributed by atoms with Gasteiger partial charge in [-0.25, -0.2) is 0 Å². The predicted molar refractivity (Wildman–Crippen MR) is 40.7 cm³/mol. The molecule has 2 nitrogen and oxygen atoms in total. The van der Waals surface area contributed by atoms with Crippen LogP contribution in [0, 0.1) is 23.2 Å². The van der Waals surface area contributed by atoms with E-state index in [1.54, 1.807) is 0 Å².